The molecule has 4 rings (SSSR count). The predicted octanol–water partition coefficient (Wildman–Crippen LogP) is 5.29. The van der Waals surface area contributed by atoms with Gasteiger partial charge in [0.25, 0.3) is 5.56 Å². The molecule has 2 aromatic heterocycles. The highest BCUT2D eigenvalue weighted by molar-refractivity contribution is 5.80. The maximum atomic E-state index is 13.2. The highest BCUT2D eigenvalue weighted by atomic mass is 16.1. The highest BCUT2D eigenvalue weighted by Gasteiger charge is 2.32. The summed E-state index contributed by atoms with van der Waals surface area (Å²) in [5, 5.41) is 13.9. The summed E-state index contributed by atoms with van der Waals surface area (Å²) in [4.78, 5) is 18.6. The summed E-state index contributed by atoms with van der Waals surface area (Å²) in [5.74, 6) is 1.03. The van der Waals surface area contributed by atoms with Crippen LogP contribution < -0.4 is 5.56 Å². The molecule has 35 heavy (non-hydrogen) atoms. The minimum Gasteiger partial charge on any atom is -0.322 e. The van der Waals surface area contributed by atoms with Gasteiger partial charge in [0.05, 0.1) is 11.6 Å². The van der Waals surface area contributed by atoms with E-state index in [2.05, 4.69) is 92.1 Å². The monoisotopic (exact) mass is 472 g/mol. The van der Waals surface area contributed by atoms with Gasteiger partial charge in [-0.05, 0) is 91.2 Å². The van der Waals surface area contributed by atoms with Crippen molar-refractivity contribution >= 4 is 10.9 Å². The van der Waals surface area contributed by atoms with Crippen molar-refractivity contribution in [3.8, 4) is 0 Å². The highest BCUT2D eigenvalue weighted by Crippen LogP contribution is 2.32. The Labute approximate surface area is 207 Å². The molecular formula is C28H36N6O. The quantitative estimate of drug-likeness (QED) is 0.396. The van der Waals surface area contributed by atoms with E-state index in [0.717, 1.165) is 22.3 Å². The fraction of sp³-hybridized carbons (Fsp3) is 0.429. The third-order valence-corrected chi connectivity index (χ3v) is 6.56. The van der Waals surface area contributed by atoms with Crippen LogP contribution in [0.25, 0.3) is 10.9 Å². The van der Waals surface area contributed by atoms with E-state index in [1.807, 2.05) is 35.0 Å². The molecule has 1 N–H and O–H groups in total. The maximum absolute atomic E-state index is 13.2. The Kier molecular flexibility index (Phi) is 6.90. The van der Waals surface area contributed by atoms with E-state index in [4.69, 9.17) is 0 Å². The molecule has 0 aliphatic heterocycles. The molecule has 0 saturated carbocycles. The third kappa shape index (κ3) is 5.35. The van der Waals surface area contributed by atoms with Gasteiger partial charge in [-0.1, -0.05) is 44.2 Å². The Morgan fingerprint density at radius 1 is 1.00 bits per heavy atom. The smallest absolute Gasteiger partial charge is 0.252 e. The van der Waals surface area contributed by atoms with Crippen molar-refractivity contribution in [2.45, 2.75) is 73.1 Å². The average Bonchev–Trinajstić information content (AvgIpc) is 3.26. The van der Waals surface area contributed by atoms with E-state index >= 15 is 0 Å². The number of benzene rings is 2. The molecule has 2 heterocycles. The zero-order valence-corrected chi connectivity index (χ0v) is 21.8. The molecule has 184 valence electrons. The average molecular weight is 473 g/mol. The Hall–Kier alpha value is -3.32. The Bertz CT molecular complexity index is 1360. The van der Waals surface area contributed by atoms with Crippen LogP contribution in [0.2, 0.25) is 0 Å². The number of rotatable bonds is 7. The van der Waals surface area contributed by atoms with Crippen molar-refractivity contribution in [3.63, 3.8) is 0 Å². The zero-order valence-electron chi connectivity index (χ0n) is 21.8. The lowest BCUT2D eigenvalue weighted by Crippen LogP contribution is -2.37. The fourth-order valence-electron chi connectivity index (χ4n) is 4.67. The molecule has 0 aliphatic carbocycles. The van der Waals surface area contributed by atoms with Gasteiger partial charge in [-0.25, -0.2) is 4.68 Å². The van der Waals surface area contributed by atoms with Crippen LogP contribution in [-0.4, -0.2) is 30.1 Å². The van der Waals surface area contributed by atoms with Crippen molar-refractivity contribution in [2.75, 3.05) is 0 Å². The lowest BCUT2D eigenvalue weighted by molar-refractivity contribution is 0.120. The number of nitrogens with one attached hydrogen (secondary N) is 1. The number of hydrogen-bond acceptors (Lipinski definition) is 5. The molecule has 0 bridgehead atoms. The van der Waals surface area contributed by atoms with Crippen LogP contribution in [0.5, 0.6) is 0 Å². The summed E-state index contributed by atoms with van der Waals surface area (Å²) < 4.78 is 1.91. The van der Waals surface area contributed by atoms with Gasteiger partial charge in [0.15, 0.2) is 5.82 Å². The summed E-state index contributed by atoms with van der Waals surface area (Å²) in [7, 11) is 0. The number of aryl methyl sites for hydroxylation is 2. The third-order valence-electron chi connectivity index (χ3n) is 6.56. The second-order valence-corrected chi connectivity index (χ2v) is 10.8. The Morgan fingerprint density at radius 2 is 1.69 bits per heavy atom. The van der Waals surface area contributed by atoms with Crippen LogP contribution in [0.1, 0.15) is 68.7 Å². The number of hydrogen-bond donors (Lipinski definition) is 1. The first-order valence-corrected chi connectivity index (χ1v) is 12.2. The van der Waals surface area contributed by atoms with E-state index in [1.54, 1.807) is 0 Å². The molecule has 1 atom stereocenters. The standard InChI is InChI=1S/C28H36N6O/c1-18(2)25(26-30-31-32-34(26)28(5,6)7)33(16-21-11-9-8-10-12-21)17-23-15-22-13-19(3)20(4)14-24(22)29-27(23)35/h8-15,18,25H,16-17H2,1-7H3,(H,29,35)/t25-/m0/s1. The summed E-state index contributed by atoms with van der Waals surface area (Å²) in [6.45, 7) is 16.0. The number of aromatic nitrogens is 5. The number of fused-ring (bicyclic) bond motifs is 1. The van der Waals surface area contributed by atoms with Crippen LogP contribution >= 0.6 is 0 Å². The first-order valence-electron chi connectivity index (χ1n) is 12.2. The number of aromatic amines is 1. The van der Waals surface area contributed by atoms with E-state index in [9.17, 15) is 4.79 Å². The molecule has 0 saturated heterocycles. The van der Waals surface area contributed by atoms with Crippen LogP contribution in [0.15, 0.2) is 53.3 Å². The van der Waals surface area contributed by atoms with E-state index in [0.29, 0.717) is 13.1 Å². The van der Waals surface area contributed by atoms with Crippen molar-refractivity contribution in [3.05, 3.63) is 87.0 Å². The van der Waals surface area contributed by atoms with Gasteiger partial charge in [0.1, 0.15) is 0 Å². The van der Waals surface area contributed by atoms with Crippen molar-refractivity contribution < 1.29 is 0 Å². The summed E-state index contributed by atoms with van der Waals surface area (Å²) in [6, 6.07) is 16.5. The second-order valence-electron chi connectivity index (χ2n) is 10.8. The van der Waals surface area contributed by atoms with Crippen LogP contribution in [-0.2, 0) is 18.6 Å². The van der Waals surface area contributed by atoms with Crippen molar-refractivity contribution in [1.82, 2.24) is 30.1 Å². The summed E-state index contributed by atoms with van der Waals surface area (Å²) in [6.07, 6.45) is 0. The van der Waals surface area contributed by atoms with Gasteiger partial charge in [0.2, 0.25) is 0 Å². The first-order chi connectivity index (χ1) is 16.5. The Morgan fingerprint density at radius 3 is 2.34 bits per heavy atom. The van der Waals surface area contributed by atoms with Gasteiger partial charge >= 0.3 is 0 Å². The van der Waals surface area contributed by atoms with Gasteiger partial charge in [-0.3, -0.25) is 9.69 Å². The zero-order chi connectivity index (χ0) is 25.3. The molecule has 7 heteroatoms. The lowest BCUT2D eigenvalue weighted by Gasteiger charge is -2.35. The maximum Gasteiger partial charge on any atom is 0.252 e. The SMILES string of the molecule is Cc1cc2cc(CN(Cc3ccccc3)[C@H](c3nnnn3C(C)(C)C)C(C)C)c(=O)[nH]c2cc1C. The molecule has 0 spiro atoms. The minimum atomic E-state index is -0.264. The summed E-state index contributed by atoms with van der Waals surface area (Å²) >= 11 is 0. The molecule has 0 aliphatic rings. The minimum absolute atomic E-state index is 0.0586. The first kappa shape index (κ1) is 24.8. The van der Waals surface area contributed by atoms with Gasteiger partial charge < -0.3 is 4.98 Å². The molecular weight excluding hydrogens is 436 g/mol. The lowest BCUT2D eigenvalue weighted by atomic mass is 9.98. The molecule has 0 fully saturated rings. The molecule has 7 nitrogen and oxygen atoms in total. The Balaban J connectivity index is 1.81. The number of tetrazole rings is 1. The number of pyridine rings is 1. The van der Waals surface area contributed by atoms with Crippen LogP contribution in [0.3, 0.4) is 0 Å². The fourth-order valence-corrected chi connectivity index (χ4v) is 4.67. The predicted molar refractivity (Wildman–Crippen MR) is 140 cm³/mol. The van der Waals surface area contributed by atoms with Gasteiger partial charge in [-0.2, -0.15) is 0 Å². The van der Waals surface area contributed by atoms with Crippen molar-refractivity contribution in [1.29, 1.82) is 0 Å². The topological polar surface area (TPSA) is 79.7 Å². The summed E-state index contributed by atoms with van der Waals surface area (Å²) in [5.41, 5.74) is 4.83. The van der Waals surface area contributed by atoms with E-state index in [-0.39, 0.29) is 23.1 Å². The largest absolute Gasteiger partial charge is 0.322 e. The normalized spacial score (nSPS) is 13.2. The van der Waals surface area contributed by atoms with Crippen molar-refractivity contribution in [2.24, 2.45) is 5.92 Å². The number of H-pyrrole nitrogens is 1. The van der Waals surface area contributed by atoms with Crippen LogP contribution in [0, 0.1) is 19.8 Å². The van der Waals surface area contributed by atoms with E-state index < -0.39 is 0 Å². The molecule has 0 radical (unpaired) electrons. The van der Waals surface area contributed by atoms with Crippen LogP contribution in [0.4, 0.5) is 0 Å². The second kappa shape index (κ2) is 9.74. The molecule has 0 amide bonds. The van der Waals surface area contributed by atoms with E-state index in [1.165, 1.54) is 16.7 Å². The molecule has 2 aromatic carbocycles. The van der Waals surface area contributed by atoms with Gasteiger partial charge in [-0.15, -0.1) is 5.10 Å². The number of nitrogens with zero attached hydrogens (tertiary/aromatic N) is 5. The molecule has 4 aromatic rings. The molecule has 0 unspecified atom stereocenters. The van der Waals surface area contributed by atoms with Gasteiger partial charge in [0, 0.05) is 24.2 Å².